The van der Waals surface area contributed by atoms with Crippen molar-refractivity contribution in [1.29, 1.82) is 0 Å². The van der Waals surface area contributed by atoms with E-state index in [1.807, 2.05) is 0 Å². The number of carbonyl (C=O) groups excluding carboxylic acids is 1. The smallest absolute Gasteiger partial charge is 0.255 e. The molecule has 0 saturated carbocycles. The third kappa shape index (κ3) is 5.18. The Morgan fingerprint density at radius 1 is 1.38 bits per heavy atom. The van der Waals surface area contributed by atoms with Crippen molar-refractivity contribution in [3.63, 3.8) is 0 Å². The summed E-state index contributed by atoms with van der Waals surface area (Å²) in [6, 6.07) is 0. The highest BCUT2D eigenvalue weighted by atomic mass is 79.9. The molecule has 1 aliphatic rings. The molecule has 0 aromatic carbocycles. The second kappa shape index (κ2) is 7.63. The van der Waals surface area contributed by atoms with E-state index in [1.165, 1.54) is 0 Å². The first-order valence-electron chi connectivity index (χ1n) is 6.82. The maximum absolute atomic E-state index is 12.0. The number of piperidine rings is 1. The van der Waals surface area contributed by atoms with Crippen LogP contribution in [0.3, 0.4) is 0 Å². The summed E-state index contributed by atoms with van der Waals surface area (Å²) in [4.78, 5) is 22.1. The lowest BCUT2D eigenvalue weighted by molar-refractivity contribution is -0.122. The van der Waals surface area contributed by atoms with Crippen molar-refractivity contribution in [1.82, 2.24) is 15.3 Å². The monoisotopic (exact) mass is 362 g/mol. The van der Waals surface area contributed by atoms with Gasteiger partial charge in [-0.1, -0.05) is 0 Å². The van der Waals surface area contributed by atoms with E-state index in [-0.39, 0.29) is 11.8 Å². The van der Waals surface area contributed by atoms with Crippen molar-refractivity contribution in [2.24, 2.45) is 5.92 Å². The molecule has 0 bridgehead atoms. The zero-order valence-corrected chi connectivity index (χ0v) is 13.0. The number of halogens is 3. The topological polar surface area (TPSA) is 58.1 Å². The van der Waals surface area contributed by atoms with E-state index in [0.29, 0.717) is 12.4 Å². The van der Waals surface area contributed by atoms with Crippen molar-refractivity contribution in [3.05, 3.63) is 16.9 Å². The lowest BCUT2D eigenvalue weighted by Crippen LogP contribution is -2.37. The summed E-state index contributed by atoms with van der Waals surface area (Å²) in [6.45, 7) is 0.979. The summed E-state index contributed by atoms with van der Waals surface area (Å²) in [5.74, 6) is 0.613. The van der Waals surface area contributed by atoms with Gasteiger partial charge in [0.25, 0.3) is 6.43 Å². The number of alkyl halides is 2. The van der Waals surface area contributed by atoms with Gasteiger partial charge in [0.2, 0.25) is 11.9 Å². The van der Waals surface area contributed by atoms with Gasteiger partial charge in [-0.3, -0.25) is 4.79 Å². The molecule has 0 atom stereocenters. The molecule has 0 radical (unpaired) electrons. The molecule has 0 spiro atoms. The lowest BCUT2D eigenvalue weighted by Gasteiger charge is -2.31. The summed E-state index contributed by atoms with van der Waals surface area (Å²) in [6.07, 6.45) is 2.88. The zero-order valence-electron chi connectivity index (χ0n) is 11.4. The molecule has 8 heteroatoms. The van der Waals surface area contributed by atoms with Crippen molar-refractivity contribution >= 4 is 27.8 Å². The Hall–Kier alpha value is -1.31. The molecule has 0 aliphatic carbocycles. The van der Waals surface area contributed by atoms with E-state index in [4.69, 9.17) is 0 Å². The number of nitrogens with one attached hydrogen (secondary N) is 1. The van der Waals surface area contributed by atoms with E-state index in [1.54, 1.807) is 12.4 Å². The van der Waals surface area contributed by atoms with Gasteiger partial charge < -0.3 is 10.2 Å². The van der Waals surface area contributed by atoms with Crippen molar-refractivity contribution in [3.8, 4) is 0 Å². The molecule has 1 fully saturated rings. The van der Waals surface area contributed by atoms with Crippen molar-refractivity contribution in [2.75, 3.05) is 24.5 Å². The Labute approximate surface area is 130 Å². The van der Waals surface area contributed by atoms with Gasteiger partial charge in [-0.15, -0.1) is 0 Å². The highest BCUT2D eigenvalue weighted by molar-refractivity contribution is 9.10. The van der Waals surface area contributed by atoms with Crippen LogP contribution in [0.4, 0.5) is 14.7 Å². The van der Waals surface area contributed by atoms with Crippen LogP contribution in [0, 0.1) is 5.92 Å². The lowest BCUT2D eigenvalue weighted by atomic mass is 9.93. The fourth-order valence-electron chi connectivity index (χ4n) is 2.33. The Kier molecular flexibility index (Phi) is 5.84. The number of aromatic nitrogens is 2. The summed E-state index contributed by atoms with van der Waals surface area (Å²) in [7, 11) is 0. The van der Waals surface area contributed by atoms with Crippen LogP contribution >= 0.6 is 15.9 Å². The SMILES string of the molecule is O=C(CC1CCN(c2ncc(Br)cn2)CC1)NCC(F)F. The number of anilines is 1. The second-order valence-corrected chi connectivity index (χ2v) is 5.95. The third-order valence-electron chi connectivity index (χ3n) is 3.43. The standard InChI is InChI=1S/C13H17BrF2N4O/c14-10-6-18-13(19-7-10)20-3-1-9(2-4-20)5-12(21)17-8-11(15)16/h6-7,9,11H,1-5,8H2,(H,17,21). The predicted octanol–water partition coefficient (Wildman–Crippen LogP) is 2.23. The average molecular weight is 363 g/mol. The first-order chi connectivity index (χ1) is 10.0. The minimum absolute atomic E-state index is 0.231. The van der Waals surface area contributed by atoms with Gasteiger partial charge in [-0.25, -0.2) is 18.7 Å². The number of hydrogen-bond donors (Lipinski definition) is 1. The highest BCUT2D eigenvalue weighted by Crippen LogP contribution is 2.23. The number of nitrogens with zero attached hydrogens (tertiary/aromatic N) is 3. The molecule has 1 aromatic rings. The maximum Gasteiger partial charge on any atom is 0.255 e. The molecule has 2 rings (SSSR count). The normalized spacial score (nSPS) is 16.3. The number of rotatable bonds is 5. The number of carbonyl (C=O) groups is 1. The first-order valence-corrected chi connectivity index (χ1v) is 7.61. The van der Waals surface area contributed by atoms with E-state index in [0.717, 1.165) is 30.4 Å². The van der Waals surface area contributed by atoms with Gasteiger partial charge >= 0.3 is 0 Å². The van der Waals surface area contributed by atoms with Crippen LogP contribution in [0.25, 0.3) is 0 Å². The molecular formula is C13H17BrF2N4O. The van der Waals surface area contributed by atoms with Crippen LogP contribution in [-0.4, -0.2) is 41.9 Å². The Bertz CT molecular complexity index is 464. The van der Waals surface area contributed by atoms with Gasteiger partial charge in [0.15, 0.2) is 0 Å². The van der Waals surface area contributed by atoms with Crippen LogP contribution in [0.1, 0.15) is 19.3 Å². The van der Waals surface area contributed by atoms with Crippen LogP contribution in [0.2, 0.25) is 0 Å². The molecule has 1 saturated heterocycles. The van der Waals surface area contributed by atoms with Gasteiger partial charge in [0.05, 0.1) is 11.0 Å². The Morgan fingerprint density at radius 3 is 2.57 bits per heavy atom. The van der Waals surface area contributed by atoms with Gasteiger partial charge in [0, 0.05) is 31.9 Å². The summed E-state index contributed by atoms with van der Waals surface area (Å²) < 4.78 is 24.8. The van der Waals surface area contributed by atoms with Gasteiger partial charge in [-0.2, -0.15) is 0 Å². The molecule has 5 nitrogen and oxygen atoms in total. The number of hydrogen-bond acceptors (Lipinski definition) is 4. The van der Waals surface area contributed by atoms with Gasteiger partial charge in [-0.05, 0) is 34.7 Å². The maximum atomic E-state index is 12.0. The van der Waals surface area contributed by atoms with Crippen LogP contribution in [0.5, 0.6) is 0 Å². The van der Waals surface area contributed by atoms with Gasteiger partial charge in [0.1, 0.15) is 0 Å². The molecule has 1 aliphatic heterocycles. The predicted molar refractivity (Wildman–Crippen MR) is 78.3 cm³/mol. The van der Waals surface area contributed by atoms with E-state index in [2.05, 4.69) is 36.1 Å². The van der Waals surface area contributed by atoms with E-state index in [9.17, 15) is 13.6 Å². The molecule has 1 N–H and O–H groups in total. The minimum atomic E-state index is -2.50. The zero-order chi connectivity index (χ0) is 15.2. The van der Waals surface area contributed by atoms with Crippen molar-refractivity contribution in [2.45, 2.75) is 25.7 Å². The molecule has 2 heterocycles. The summed E-state index contributed by atoms with van der Waals surface area (Å²) in [5, 5.41) is 2.25. The molecular weight excluding hydrogens is 346 g/mol. The van der Waals surface area contributed by atoms with Crippen LogP contribution < -0.4 is 10.2 Å². The quantitative estimate of drug-likeness (QED) is 0.872. The third-order valence-corrected chi connectivity index (χ3v) is 3.84. The van der Waals surface area contributed by atoms with E-state index < -0.39 is 13.0 Å². The molecule has 21 heavy (non-hydrogen) atoms. The Balaban J connectivity index is 1.75. The molecule has 116 valence electrons. The Morgan fingerprint density at radius 2 is 2.00 bits per heavy atom. The van der Waals surface area contributed by atoms with Crippen LogP contribution in [-0.2, 0) is 4.79 Å². The van der Waals surface area contributed by atoms with Crippen LogP contribution in [0.15, 0.2) is 16.9 Å². The molecule has 1 amide bonds. The molecule has 1 aromatic heterocycles. The summed E-state index contributed by atoms with van der Waals surface area (Å²) >= 11 is 3.29. The fraction of sp³-hybridized carbons (Fsp3) is 0.615. The first kappa shape index (κ1) is 16.1. The van der Waals surface area contributed by atoms with E-state index >= 15 is 0 Å². The minimum Gasteiger partial charge on any atom is -0.350 e. The molecule has 0 unspecified atom stereocenters. The second-order valence-electron chi connectivity index (χ2n) is 5.03. The highest BCUT2D eigenvalue weighted by Gasteiger charge is 2.23. The largest absolute Gasteiger partial charge is 0.350 e. The number of amides is 1. The fourth-order valence-corrected chi connectivity index (χ4v) is 2.54. The average Bonchev–Trinajstić information content (AvgIpc) is 2.47. The van der Waals surface area contributed by atoms with Crippen molar-refractivity contribution < 1.29 is 13.6 Å². The summed E-state index contributed by atoms with van der Waals surface area (Å²) in [5.41, 5.74) is 0.